The summed E-state index contributed by atoms with van der Waals surface area (Å²) in [6.07, 6.45) is 1.84. The Bertz CT molecular complexity index is 1280. The molecule has 2 heterocycles. The number of hydrogen-bond donors (Lipinski definition) is 3. The average molecular weight is 422 g/mol. The third kappa shape index (κ3) is 4.37. The first kappa shape index (κ1) is 20.1. The number of aromatic nitrogens is 3. The minimum Gasteiger partial charge on any atom is -0.408 e. The lowest BCUT2D eigenvalue weighted by Gasteiger charge is -2.21. The maximum Gasteiger partial charge on any atom is 0.417 e. The van der Waals surface area contributed by atoms with E-state index in [2.05, 4.69) is 25.6 Å². The molecule has 0 saturated heterocycles. The van der Waals surface area contributed by atoms with Gasteiger partial charge in [-0.25, -0.2) is 14.2 Å². The van der Waals surface area contributed by atoms with E-state index in [1.165, 1.54) is 0 Å². The number of anilines is 5. The SMILES string of the molecule is CC(C)N(C=O)c1ccc(Nc2ncc(F)c(Nc3ccc4oc(=O)[nH]c4c3)n2)cc1. The number of halogens is 1. The van der Waals surface area contributed by atoms with E-state index in [1.807, 2.05) is 13.8 Å². The van der Waals surface area contributed by atoms with Gasteiger partial charge in [0.15, 0.2) is 17.2 Å². The monoisotopic (exact) mass is 422 g/mol. The summed E-state index contributed by atoms with van der Waals surface area (Å²) in [5.41, 5.74) is 2.82. The zero-order valence-corrected chi connectivity index (χ0v) is 16.7. The number of aromatic amines is 1. The van der Waals surface area contributed by atoms with Crippen molar-refractivity contribution in [3.8, 4) is 0 Å². The summed E-state index contributed by atoms with van der Waals surface area (Å²) in [5, 5.41) is 5.87. The molecule has 0 aliphatic rings. The summed E-state index contributed by atoms with van der Waals surface area (Å²) >= 11 is 0. The molecule has 0 saturated carbocycles. The zero-order valence-electron chi connectivity index (χ0n) is 16.7. The van der Waals surface area contributed by atoms with E-state index in [1.54, 1.807) is 47.4 Å². The molecule has 3 N–H and O–H groups in total. The van der Waals surface area contributed by atoms with Crippen LogP contribution in [0.5, 0.6) is 0 Å². The summed E-state index contributed by atoms with van der Waals surface area (Å²) in [6, 6.07) is 12.0. The summed E-state index contributed by atoms with van der Waals surface area (Å²) in [7, 11) is 0. The van der Waals surface area contributed by atoms with Crippen molar-refractivity contribution in [3.63, 3.8) is 0 Å². The van der Waals surface area contributed by atoms with E-state index in [4.69, 9.17) is 4.42 Å². The Hall–Kier alpha value is -4.21. The zero-order chi connectivity index (χ0) is 22.0. The number of oxazole rings is 1. The number of carbonyl (C=O) groups is 1. The van der Waals surface area contributed by atoms with Crippen LogP contribution in [0, 0.1) is 5.82 Å². The van der Waals surface area contributed by atoms with Crippen LogP contribution >= 0.6 is 0 Å². The van der Waals surface area contributed by atoms with Crippen LogP contribution in [0.15, 0.2) is 57.9 Å². The van der Waals surface area contributed by atoms with Gasteiger partial charge in [-0.3, -0.25) is 9.78 Å². The van der Waals surface area contributed by atoms with Crippen molar-refractivity contribution < 1.29 is 13.6 Å². The van der Waals surface area contributed by atoms with Crippen molar-refractivity contribution in [1.29, 1.82) is 0 Å². The van der Waals surface area contributed by atoms with Crippen LogP contribution in [0.1, 0.15) is 13.8 Å². The molecule has 1 amide bonds. The van der Waals surface area contributed by atoms with Crippen molar-refractivity contribution in [2.45, 2.75) is 19.9 Å². The fourth-order valence-corrected chi connectivity index (χ4v) is 3.01. The number of carbonyl (C=O) groups excluding carboxylic acids is 1. The first-order valence-corrected chi connectivity index (χ1v) is 9.46. The van der Waals surface area contributed by atoms with Crippen molar-refractivity contribution in [2.75, 3.05) is 15.5 Å². The van der Waals surface area contributed by atoms with E-state index in [9.17, 15) is 14.0 Å². The largest absolute Gasteiger partial charge is 0.417 e. The van der Waals surface area contributed by atoms with Crippen LogP contribution in [0.25, 0.3) is 11.1 Å². The Balaban J connectivity index is 1.53. The molecule has 2 aromatic carbocycles. The molecule has 0 bridgehead atoms. The second kappa shape index (κ2) is 8.27. The van der Waals surface area contributed by atoms with Gasteiger partial charge < -0.3 is 20.0 Å². The van der Waals surface area contributed by atoms with Gasteiger partial charge in [-0.1, -0.05) is 0 Å². The van der Waals surface area contributed by atoms with Crippen LogP contribution in [-0.2, 0) is 4.79 Å². The highest BCUT2D eigenvalue weighted by Crippen LogP contribution is 2.24. The Morgan fingerprint density at radius 2 is 1.87 bits per heavy atom. The normalized spacial score (nSPS) is 11.0. The molecule has 2 aromatic heterocycles. The second-order valence-corrected chi connectivity index (χ2v) is 7.02. The number of nitrogens with one attached hydrogen (secondary N) is 3. The lowest BCUT2D eigenvalue weighted by atomic mass is 10.2. The molecule has 0 unspecified atom stereocenters. The van der Waals surface area contributed by atoms with E-state index in [0.717, 1.165) is 18.3 Å². The number of hydrogen-bond acceptors (Lipinski definition) is 7. The summed E-state index contributed by atoms with van der Waals surface area (Å²) in [4.78, 5) is 34.8. The topological polar surface area (TPSA) is 116 Å². The summed E-state index contributed by atoms with van der Waals surface area (Å²) < 4.78 is 19.2. The molecule has 4 rings (SSSR count). The molecule has 31 heavy (non-hydrogen) atoms. The molecule has 0 spiro atoms. The van der Waals surface area contributed by atoms with E-state index in [0.29, 0.717) is 22.5 Å². The molecule has 158 valence electrons. The van der Waals surface area contributed by atoms with E-state index >= 15 is 0 Å². The number of H-pyrrole nitrogens is 1. The molecule has 10 heteroatoms. The van der Waals surface area contributed by atoms with Crippen LogP contribution in [-0.4, -0.2) is 27.4 Å². The lowest BCUT2D eigenvalue weighted by Crippen LogP contribution is -2.28. The summed E-state index contributed by atoms with van der Waals surface area (Å²) in [6.45, 7) is 3.84. The van der Waals surface area contributed by atoms with Gasteiger partial charge in [-0.15, -0.1) is 0 Å². The van der Waals surface area contributed by atoms with Gasteiger partial charge in [0.25, 0.3) is 0 Å². The van der Waals surface area contributed by atoms with Gasteiger partial charge in [-0.2, -0.15) is 4.98 Å². The molecule has 0 aliphatic heterocycles. The van der Waals surface area contributed by atoms with Crippen LogP contribution in [0.4, 0.5) is 33.2 Å². The Labute approximate surface area is 175 Å². The lowest BCUT2D eigenvalue weighted by molar-refractivity contribution is -0.107. The molecule has 4 aromatic rings. The maximum absolute atomic E-state index is 14.2. The Morgan fingerprint density at radius 1 is 1.13 bits per heavy atom. The quantitative estimate of drug-likeness (QED) is 0.387. The maximum atomic E-state index is 14.2. The van der Waals surface area contributed by atoms with Gasteiger partial charge in [0, 0.05) is 23.1 Å². The van der Waals surface area contributed by atoms with Crippen molar-refractivity contribution in [1.82, 2.24) is 15.0 Å². The van der Waals surface area contributed by atoms with Crippen LogP contribution in [0.2, 0.25) is 0 Å². The van der Waals surface area contributed by atoms with Gasteiger partial charge >= 0.3 is 5.76 Å². The number of benzene rings is 2. The Morgan fingerprint density at radius 3 is 2.58 bits per heavy atom. The van der Waals surface area contributed by atoms with E-state index in [-0.39, 0.29) is 17.8 Å². The average Bonchev–Trinajstić information content (AvgIpc) is 3.11. The van der Waals surface area contributed by atoms with Crippen LogP contribution < -0.4 is 21.3 Å². The van der Waals surface area contributed by atoms with Gasteiger partial charge in [0.2, 0.25) is 12.4 Å². The summed E-state index contributed by atoms with van der Waals surface area (Å²) in [5.74, 6) is -1.06. The second-order valence-electron chi connectivity index (χ2n) is 7.02. The number of fused-ring (bicyclic) bond motifs is 1. The number of amides is 1. The van der Waals surface area contributed by atoms with Gasteiger partial charge in [-0.05, 0) is 56.3 Å². The predicted molar refractivity (Wildman–Crippen MR) is 116 cm³/mol. The third-order valence-electron chi connectivity index (χ3n) is 4.52. The van der Waals surface area contributed by atoms with Crippen LogP contribution in [0.3, 0.4) is 0 Å². The fourth-order valence-electron chi connectivity index (χ4n) is 3.01. The minimum atomic E-state index is -0.639. The standard InChI is InChI=1S/C21H19FN6O3/c1-12(2)28(11-29)15-6-3-13(4-7-15)25-20-23-10-16(22)19(27-20)24-14-5-8-18-17(9-14)26-21(30)31-18/h3-12H,1-2H3,(H,26,30)(H2,23,24,25,27). The van der Waals surface area contributed by atoms with Crippen molar-refractivity contribution >= 4 is 46.3 Å². The predicted octanol–water partition coefficient (Wildman–Crippen LogP) is 3.91. The number of rotatable bonds is 7. The smallest absolute Gasteiger partial charge is 0.408 e. The fraction of sp³-hybridized carbons (Fsp3) is 0.143. The molecule has 0 atom stereocenters. The first-order chi connectivity index (χ1) is 14.9. The van der Waals surface area contributed by atoms with Crippen molar-refractivity contribution in [3.05, 3.63) is 65.0 Å². The molecule has 0 fully saturated rings. The Kier molecular flexibility index (Phi) is 5.35. The highest BCUT2D eigenvalue weighted by atomic mass is 19.1. The third-order valence-corrected chi connectivity index (χ3v) is 4.52. The van der Waals surface area contributed by atoms with Gasteiger partial charge in [0.05, 0.1) is 11.7 Å². The molecular weight excluding hydrogens is 403 g/mol. The highest BCUT2D eigenvalue weighted by Gasteiger charge is 2.11. The molecule has 0 aliphatic carbocycles. The highest BCUT2D eigenvalue weighted by molar-refractivity contribution is 5.78. The molecular formula is C21H19FN6O3. The molecule has 9 nitrogen and oxygen atoms in total. The van der Waals surface area contributed by atoms with E-state index < -0.39 is 11.6 Å². The number of nitrogens with zero attached hydrogens (tertiary/aromatic N) is 3. The van der Waals surface area contributed by atoms with Crippen molar-refractivity contribution in [2.24, 2.45) is 0 Å². The minimum absolute atomic E-state index is 0.0319. The first-order valence-electron chi connectivity index (χ1n) is 9.46. The van der Waals surface area contributed by atoms with Gasteiger partial charge in [0.1, 0.15) is 0 Å². The molecule has 0 radical (unpaired) electrons.